The van der Waals surface area contributed by atoms with Crippen LogP contribution in [0.25, 0.3) is 11.1 Å². The standard InChI is InChI=1S/C21H21NO5/c1-12-9-14(3)16(10-13(12)2)20(24)15(4)26-19(23)11-22-17-7-5-6-8-18(17)27-21(22)25/h5-10,15H,11H2,1-4H3. The topological polar surface area (TPSA) is 78.5 Å². The quantitative estimate of drug-likeness (QED) is 0.510. The number of carbonyl (C=O) groups excluding carboxylic acids is 2. The zero-order valence-electron chi connectivity index (χ0n) is 15.7. The van der Waals surface area contributed by atoms with Gasteiger partial charge in [-0.15, -0.1) is 0 Å². The van der Waals surface area contributed by atoms with Crippen LogP contribution in [0.1, 0.15) is 34.0 Å². The Morgan fingerprint density at radius 3 is 2.48 bits per heavy atom. The number of fused-ring (bicyclic) bond motifs is 1. The Kier molecular flexibility index (Phi) is 4.99. The fraction of sp³-hybridized carbons (Fsp3) is 0.286. The van der Waals surface area contributed by atoms with Gasteiger partial charge in [-0.3, -0.25) is 14.2 Å². The maximum Gasteiger partial charge on any atom is 0.420 e. The van der Waals surface area contributed by atoms with Gasteiger partial charge in [0.05, 0.1) is 5.52 Å². The zero-order valence-corrected chi connectivity index (χ0v) is 15.7. The molecule has 0 bridgehead atoms. The van der Waals surface area contributed by atoms with Gasteiger partial charge in [0.15, 0.2) is 11.7 Å². The molecule has 0 N–H and O–H groups in total. The molecule has 27 heavy (non-hydrogen) atoms. The van der Waals surface area contributed by atoms with Crippen molar-refractivity contribution in [2.45, 2.75) is 40.3 Å². The third-order valence-corrected chi connectivity index (χ3v) is 4.64. The van der Waals surface area contributed by atoms with Crippen molar-refractivity contribution < 1.29 is 18.7 Å². The second-order valence-corrected chi connectivity index (χ2v) is 6.67. The third kappa shape index (κ3) is 3.69. The summed E-state index contributed by atoms with van der Waals surface area (Å²) in [6, 6.07) is 10.6. The molecule has 0 aliphatic carbocycles. The maximum atomic E-state index is 12.7. The number of aromatic nitrogens is 1. The fourth-order valence-electron chi connectivity index (χ4n) is 3.03. The van der Waals surface area contributed by atoms with Crippen LogP contribution in [0.4, 0.5) is 0 Å². The Balaban J connectivity index is 1.76. The van der Waals surface area contributed by atoms with Crippen LogP contribution in [0.2, 0.25) is 0 Å². The van der Waals surface area contributed by atoms with Crippen LogP contribution in [0.5, 0.6) is 0 Å². The van der Waals surface area contributed by atoms with Crippen LogP contribution in [-0.4, -0.2) is 22.4 Å². The normalized spacial score (nSPS) is 12.1. The van der Waals surface area contributed by atoms with E-state index in [1.54, 1.807) is 24.3 Å². The van der Waals surface area contributed by atoms with E-state index >= 15 is 0 Å². The zero-order chi connectivity index (χ0) is 19.7. The minimum absolute atomic E-state index is 0.270. The molecule has 2 aromatic carbocycles. The van der Waals surface area contributed by atoms with Crippen molar-refractivity contribution in [1.29, 1.82) is 0 Å². The van der Waals surface area contributed by atoms with Crippen LogP contribution >= 0.6 is 0 Å². The third-order valence-electron chi connectivity index (χ3n) is 4.64. The molecule has 0 aliphatic rings. The molecule has 0 radical (unpaired) electrons. The largest absolute Gasteiger partial charge is 0.453 e. The monoisotopic (exact) mass is 367 g/mol. The van der Waals surface area contributed by atoms with Crippen molar-refractivity contribution in [2.24, 2.45) is 0 Å². The predicted octanol–water partition coefficient (Wildman–Crippen LogP) is 3.33. The molecule has 0 amide bonds. The second-order valence-electron chi connectivity index (χ2n) is 6.67. The van der Waals surface area contributed by atoms with Crippen molar-refractivity contribution >= 4 is 22.9 Å². The van der Waals surface area contributed by atoms with Crippen molar-refractivity contribution in [1.82, 2.24) is 4.57 Å². The average Bonchev–Trinajstić information content (AvgIpc) is 2.93. The van der Waals surface area contributed by atoms with E-state index in [1.165, 1.54) is 11.5 Å². The molecule has 0 saturated carbocycles. The molecule has 140 valence electrons. The number of carbonyl (C=O) groups is 2. The molecule has 1 atom stereocenters. The van der Waals surface area contributed by atoms with Gasteiger partial charge >= 0.3 is 11.7 Å². The summed E-state index contributed by atoms with van der Waals surface area (Å²) < 4.78 is 11.6. The molecule has 1 heterocycles. The summed E-state index contributed by atoms with van der Waals surface area (Å²) in [5.41, 5.74) is 4.36. The second kappa shape index (κ2) is 7.23. The van der Waals surface area contributed by atoms with Gasteiger partial charge in [-0.1, -0.05) is 18.2 Å². The number of benzene rings is 2. The first-order chi connectivity index (χ1) is 12.8. The smallest absolute Gasteiger partial charge is 0.420 e. The highest BCUT2D eigenvalue weighted by Crippen LogP contribution is 2.18. The molecule has 0 spiro atoms. The van der Waals surface area contributed by atoms with Crippen LogP contribution in [0.15, 0.2) is 45.6 Å². The number of Topliss-reactive ketones (excluding diaryl/α,β-unsaturated/α-hetero) is 1. The number of para-hydroxylation sites is 2. The molecule has 1 unspecified atom stereocenters. The maximum absolute atomic E-state index is 12.7. The molecule has 3 aromatic rings. The van der Waals surface area contributed by atoms with E-state index in [-0.39, 0.29) is 12.3 Å². The lowest BCUT2D eigenvalue weighted by molar-refractivity contribution is -0.147. The molecule has 0 aliphatic heterocycles. The highest BCUT2D eigenvalue weighted by atomic mass is 16.5. The van der Waals surface area contributed by atoms with Crippen LogP contribution in [0, 0.1) is 20.8 Å². The summed E-state index contributed by atoms with van der Waals surface area (Å²) in [4.78, 5) is 36.9. The summed E-state index contributed by atoms with van der Waals surface area (Å²) in [5, 5.41) is 0. The molecule has 3 rings (SSSR count). The average molecular weight is 367 g/mol. The lowest BCUT2D eigenvalue weighted by Crippen LogP contribution is -2.29. The van der Waals surface area contributed by atoms with E-state index in [4.69, 9.17) is 9.15 Å². The summed E-state index contributed by atoms with van der Waals surface area (Å²) >= 11 is 0. The van der Waals surface area contributed by atoms with E-state index in [9.17, 15) is 14.4 Å². The Morgan fingerprint density at radius 2 is 1.74 bits per heavy atom. The molecule has 1 aromatic heterocycles. The highest BCUT2D eigenvalue weighted by molar-refractivity contribution is 6.01. The lowest BCUT2D eigenvalue weighted by Gasteiger charge is -2.15. The van der Waals surface area contributed by atoms with Crippen molar-refractivity contribution in [3.63, 3.8) is 0 Å². The van der Waals surface area contributed by atoms with Crippen molar-refractivity contribution in [3.8, 4) is 0 Å². The Bertz CT molecular complexity index is 1090. The van der Waals surface area contributed by atoms with Crippen LogP contribution < -0.4 is 5.76 Å². The molecular weight excluding hydrogens is 346 g/mol. The molecule has 0 saturated heterocycles. The first kappa shape index (κ1) is 18.6. The van der Waals surface area contributed by atoms with E-state index in [0.717, 1.165) is 16.7 Å². The number of esters is 1. The van der Waals surface area contributed by atoms with E-state index in [1.807, 2.05) is 32.9 Å². The number of ether oxygens (including phenoxy) is 1. The SMILES string of the molecule is Cc1cc(C)c(C(=O)C(C)OC(=O)Cn2c(=O)oc3ccccc32)cc1C. The lowest BCUT2D eigenvalue weighted by atomic mass is 9.96. The summed E-state index contributed by atoms with van der Waals surface area (Å²) in [6.45, 7) is 6.97. The number of nitrogens with zero attached hydrogens (tertiary/aromatic N) is 1. The fourth-order valence-corrected chi connectivity index (χ4v) is 3.03. The van der Waals surface area contributed by atoms with Gasteiger partial charge in [0, 0.05) is 5.56 Å². The number of aryl methyl sites for hydroxylation is 3. The van der Waals surface area contributed by atoms with Gasteiger partial charge in [0.2, 0.25) is 5.78 Å². The van der Waals surface area contributed by atoms with Crippen LogP contribution in [0.3, 0.4) is 0 Å². The number of oxazole rings is 1. The number of hydrogen-bond donors (Lipinski definition) is 0. The van der Waals surface area contributed by atoms with Gasteiger partial charge in [0.25, 0.3) is 0 Å². The van der Waals surface area contributed by atoms with Gasteiger partial charge in [-0.05, 0) is 62.6 Å². The summed E-state index contributed by atoms with van der Waals surface area (Å²) in [5.74, 6) is -1.59. The van der Waals surface area contributed by atoms with Crippen molar-refractivity contribution in [2.75, 3.05) is 0 Å². The van der Waals surface area contributed by atoms with Gasteiger partial charge in [-0.2, -0.15) is 0 Å². The first-order valence-electron chi connectivity index (χ1n) is 8.68. The Morgan fingerprint density at radius 1 is 1.07 bits per heavy atom. The Labute approximate surface area is 156 Å². The number of hydrogen-bond acceptors (Lipinski definition) is 5. The molecule has 0 fully saturated rings. The molecule has 6 heteroatoms. The predicted molar refractivity (Wildman–Crippen MR) is 101 cm³/mol. The van der Waals surface area contributed by atoms with Crippen molar-refractivity contribution in [3.05, 3.63) is 69.2 Å². The Hall–Kier alpha value is -3.15. The first-order valence-corrected chi connectivity index (χ1v) is 8.68. The number of rotatable bonds is 5. The minimum atomic E-state index is -0.952. The van der Waals surface area contributed by atoms with Gasteiger partial charge in [-0.25, -0.2) is 4.79 Å². The number of ketones is 1. The van der Waals surface area contributed by atoms with E-state index in [2.05, 4.69) is 0 Å². The van der Waals surface area contributed by atoms with E-state index < -0.39 is 17.8 Å². The summed E-state index contributed by atoms with van der Waals surface area (Å²) in [7, 11) is 0. The van der Waals surface area contributed by atoms with E-state index in [0.29, 0.717) is 16.7 Å². The highest BCUT2D eigenvalue weighted by Gasteiger charge is 2.22. The summed E-state index contributed by atoms with van der Waals surface area (Å²) in [6.07, 6.45) is -0.952. The molecule has 6 nitrogen and oxygen atoms in total. The van der Waals surface area contributed by atoms with Gasteiger partial charge < -0.3 is 9.15 Å². The van der Waals surface area contributed by atoms with Gasteiger partial charge in [0.1, 0.15) is 6.54 Å². The minimum Gasteiger partial charge on any atom is -0.453 e. The van der Waals surface area contributed by atoms with Crippen LogP contribution in [-0.2, 0) is 16.1 Å². The molecular formula is C21H21NO5.